The number of hydrogen-bond donors (Lipinski definition) is 0. The molecule has 14 atom stereocenters. The van der Waals surface area contributed by atoms with Crippen molar-refractivity contribution < 1.29 is 0 Å². The minimum atomic E-state index is -0.263. The molecule has 0 radical (unpaired) electrons. The number of nitrogens with zero attached hydrogens (tertiary/aromatic N) is 3. The minimum absolute atomic E-state index is 0.0179. The van der Waals surface area contributed by atoms with E-state index in [2.05, 4.69) is 199 Å². The standard InChI is InChI=1S/C104H119N3/c1-13-21-25-28-34-74(20-8)104(73(19-7)33-27-23-15-3)84-36-30-29-35-75(84)78-43-39-67(56-88(78)104)65-38-42-77-76-41-37-64(53-85(76)102(9,10)86(77)54-65)66-40-44-79-82-57-83-97-91(58-89(105-11)95-80-49-62-45-68(80)51-70(47-62)93(95)97)107-92-59-90(106-12)96-81-50-63-46-69(81)52-71(48-63)94(96)98(92)99(101(83)107)100(82)103(87(79)55-66,60-61(17-5)31-24-16-4)72(18-6)32-26-22-14-2/h29-30,35-44,53-59,61-63,68-74,80-81H,13-28,31-34,45-52,60H2,1-10H3. The third kappa shape index (κ3) is 10.0. The van der Waals surface area contributed by atoms with E-state index in [1.54, 1.807) is 38.8 Å². The molecule has 0 spiro atoms. The molecule has 4 fully saturated rings. The molecule has 8 aromatic carbocycles. The lowest BCUT2D eigenvalue weighted by Gasteiger charge is -2.46. The van der Waals surface area contributed by atoms with Gasteiger partial charge in [-0.05, 0) is 302 Å². The first kappa shape index (κ1) is 70.0. The van der Waals surface area contributed by atoms with Gasteiger partial charge in [-0.15, -0.1) is 0 Å². The lowest BCUT2D eigenvalue weighted by molar-refractivity contribution is 0.178. The molecular weight excluding hydrogens is 1290 g/mol. The van der Waals surface area contributed by atoms with Gasteiger partial charge in [-0.3, -0.25) is 0 Å². The summed E-state index contributed by atoms with van der Waals surface area (Å²) in [6.45, 7) is 43.1. The van der Waals surface area contributed by atoms with Crippen LogP contribution in [0.2, 0.25) is 0 Å². The van der Waals surface area contributed by atoms with E-state index in [1.807, 2.05) is 0 Å². The lowest BCUT2D eigenvalue weighted by Crippen LogP contribution is -2.42. The SMILES string of the molecule is [C-]#[N+]c1cc2c(c3c1C1CC4CC3CC1C4)c1cc3c(c4c5c6c(c([N+]#[C-])cc5n2c14)C1CC2CC6CC1C2)C(CC(CC)CCCC)(C(CC)CCCCC)c1cc(-c2ccc4c(c2)C(C)(C)c2cc(-c5ccc6c(c5)C(C(CC)CCCCC)(C(CC)CCCCCC)c5ccccc5-6)ccc2-4)ccc1-3. The van der Waals surface area contributed by atoms with Crippen molar-refractivity contribution in [2.45, 2.75) is 295 Å². The first-order valence-electron chi connectivity index (χ1n) is 44.2. The van der Waals surface area contributed by atoms with E-state index in [1.165, 1.54) is 284 Å². The molecule has 9 aliphatic carbocycles. The van der Waals surface area contributed by atoms with Crippen LogP contribution in [0.4, 0.5) is 11.4 Å². The van der Waals surface area contributed by atoms with Crippen molar-refractivity contribution in [1.29, 1.82) is 0 Å². The van der Waals surface area contributed by atoms with Gasteiger partial charge < -0.3 is 4.40 Å². The van der Waals surface area contributed by atoms with Gasteiger partial charge in [0.2, 0.25) is 0 Å². The Morgan fingerprint density at radius 3 is 1.43 bits per heavy atom. The number of hydrogen-bond acceptors (Lipinski definition) is 0. The Bertz CT molecular complexity index is 5280. The highest BCUT2D eigenvalue weighted by atomic mass is 14.9. The monoisotopic (exact) mass is 1410 g/mol. The van der Waals surface area contributed by atoms with E-state index < -0.39 is 0 Å². The summed E-state index contributed by atoms with van der Waals surface area (Å²) in [4.78, 5) is 9.26. The van der Waals surface area contributed by atoms with Crippen LogP contribution in [0.1, 0.15) is 335 Å². The molecule has 0 amide bonds. The lowest BCUT2D eigenvalue weighted by atomic mass is 9.57. The first-order chi connectivity index (χ1) is 52.3. The van der Waals surface area contributed by atoms with Crippen molar-refractivity contribution in [1.82, 2.24) is 4.40 Å². The predicted octanol–water partition coefficient (Wildman–Crippen LogP) is 30.9. The van der Waals surface area contributed by atoms with Gasteiger partial charge in [0.15, 0.2) is 11.4 Å². The number of rotatable bonds is 27. The van der Waals surface area contributed by atoms with Gasteiger partial charge in [-0.1, -0.05) is 251 Å². The third-order valence-electron chi connectivity index (χ3n) is 32.1. The summed E-state index contributed by atoms with van der Waals surface area (Å²) in [6, 6.07) is 48.4. The molecular formula is C104H119N3. The van der Waals surface area contributed by atoms with E-state index in [0.717, 1.165) is 36.1 Å². The van der Waals surface area contributed by atoms with Crippen LogP contribution in [0.15, 0.2) is 115 Å². The summed E-state index contributed by atoms with van der Waals surface area (Å²) in [7, 11) is 0. The van der Waals surface area contributed by atoms with Gasteiger partial charge in [0.05, 0.1) is 18.7 Å². The molecule has 19 rings (SSSR count). The number of fused-ring (bicyclic) bond motifs is 28. The van der Waals surface area contributed by atoms with E-state index in [-0.39, 0.29) is 16.2 Å². The van der Waals surface area contributed by atoms with Gasteiger partial charge in [-0.25, -0.2) is 9.69 Å². The Labute approximate surface area is 641 Å². The molecule has 3 heteroatoms. The van der Waals surface area contributed by atoms with Crippen LogP contribution in [-0.4, -0.2) is 4.40 Å². The number of benzene rings is 8. The zero-order valence-electron chi connectivity index (χ0n) is 66.7. The molecule has 550 valence electrons. The average molecular weight is 1410 g/mol. The number of aromatic nitrogens is 1. The number of unbranched alkanes of at least 4 members (excludes halogenated alkanes) is 8. The second-order valence-electron chi connectivity index (χ2n) is 37.4. The normalized spacial score (nSPS) is 25.6. The summed E-state index contributed by atoms with van der Waals surface area (Å²) < 4.78 is 2.74. The fourth-order valence-electron chi connectivity index (χ4n) is 27.7. The average Bonchev–Trinajstić information content (AvgIpc) is 1.49. The molecule has 6 bridgehead atoms. The van der Waals surface area contributed by atoms with E-state index >= 15 is 0 Å². The molecule has 3 nitrogen and oxygen atoms in total. The zero-order chi connectivity index (χ0) is 73.1. The Hall–Kier alpha value is -7.46. The molecule has 4 saturated carbocycles. The fourth-order valence-corrected chi connectivity index (χ4v) is 27.7. The largest absolute Gasteiger partial charge is 0.310 e. The third-order valence-corrected chi connectivity index (χ3v) is 32.1. The van der Waals surface area contributed by atoms with Gasteiger partial charge in [0.25, 0.3) is 0 Å². The van der Waals surface area contributed by atoms with Gasteiger partial charge in [0, 0.05) is 48.8 Å². The van der Waals surface area contributed by atoms with Crippen molar-refractivity contribution in [3.63, 3.8) is 0 Å². The second-order valence-corrected chi connectivity index (χ2v) is 37.4. The maximum Gasteiger partial charge on any atom is 0.193 e. The predicted molar refractivity (Wildman–Crippen MR) is 453 cm³/mol. The highest BCUT2D eigenvalue weighted by Gasteiger charge is 2.56. The van der Waals surface area contributed by atoms with Crippen molar-refractivity contribution in [3.05, 3.63) is 194 Å². The molecule has 10 aromatic rings. The molecule has 9 aliphatic rings. The van der Waals surface area contributed by atoms with Gasteiger partial charge >= 0.3 is 0 Å². The van der Waals surface area contributed by atoms with Gasteiger partial charge in [-0.2, -0.15) is 0 Å². The van der Waals surface area contributed by atoms with E-state index in [4.69, 9.17) is 6.57 Å². The molecule has 14 unspecified atom stereocenters. The Morgan fingerprint density at radius 2 is 0.888 bits per heavy atom. The molecule has 107 heavy (non-hydrogen) atoms. The highest BCUT2D eigenvalue weighted by Crippen LogP contribution is 2.70. The molecule has 0 N–H and O–H groups in total. The molecule has 0 aliphatic heterocycles. The zero-order valence-corrected chi connectivity index (χ0v) is 66.7. The van der Waals surface area contributed by atoms with Crippen LogP contribution in [0.3, 0.4) is 0 Å². The van der Waals surface area contributed by atoms with E-state index in [0.29, 0.717) is 59.2 Å². The summed E-state index contributed by atoms with van der Waals surface area (Å²) in [5, 5.41) is 5.94. The van der Waals surface area contributed by atoms with Crippen molar-refractivity contribution in [2.75, 3.05) is 0 Å². The minimum Gasteiger partial charge on any atom is -0.310 e. The van der Waals surface area contributed by atoms with Crippen LogP contribution in [0, 0.1) is 60.5 Å². The Morgan fingerprint density at radius 1 is 0.411 bits per heavy atom. The summed E-state index contributed by atoms with van der Waals surface area (Å²) >= 11 is 0. The summed E-state index contributed by atoms with van der Waals surface area (Å²) in [6.07, 6.45) is 36.5. The van der Waals surface area contributed by atoms with Crippen LogP contribution in [0.5, 0.6) is 0 Å². The smallest absolute Gasteiger partial charge is 0.193 e. The molecule has 2 aromatic heterocycles. The van der Waals surface area contributed by atoms with Crippen molar-refractivity contribution in [2.24, 2.45) is 47.3 Å². The maximum atomic E-state index is 9.22. The Kier molecular flexibility index (Phi) is 17.6. The highest BCUT2D eigenvalue weighted by molar-refractivity contribution is 6.29. The van der Waals surface area contributed by atoms with E-state index in [9.17, 15) is 6.57 Å². The van der Waals surface area contributed by atoms with Crippen LogP contribution in [0.25, 0.3) is 103 Å². The first-order valence-corrected chi connectivity index (χ1v) is 44.2. The molecule has 2 heterocycles. The maximum absolute atomic E-state index is 9.22. The quantitative estimate of drug-likeness (QED) is 0.0360. The van der Waals surface area contributed by atoms with Gasteiger partial charge in [0.1, 0.15) is 0 Å². The fraction of sp³-hybridized carbons (Fsp3) is 0.519. The van der Waals surface area contributed by atoms with Crippen LogP contribution < -0.4 is 0 Å². The topological polar surface area (TPSA) is 13.1 Å². The van der Waals surface area contributed by atoms with Crippen molar-refractivity contribution >= 4 is 49.5 Å². The Balaban J connectivity index is 0.798. The summed E-state index contributed by atoms with van der Waals surface area (Å²) in [5.74, 6) is 6.95. The van der Waals surface area contributed by atoms with Crippen LogP contribution in [-0.2, 0) is 16.2 Å². The van der Waals surface area contributed by atoms with Crippen LogP contribution >= 0.6 is 0 Å². The molecule has 0 saturated heterocycles. The summed E-state index contributed by atoms with van der Waals surface area (Å²) in [5.41, 5.74) is 34.8. The second kappa shape index (κ2) is 26.9. The van der Waals surface area contributed by atoms with Crippen molar-refractivity contribution in [3.8, 4) is 55.6 Å².